The van der Waals surface area contributed by atoms with Crippen molar-refractivity contribution in [1.29, 1.82) is 0 Å². The summed E-state index contributed by atoms with van der Waals surface area (Å²) in [4.78, 5) is 8.37. The minimum atomic E-state index is -3.70. The van der Waals surface area contributed by atoms with Crippen LogP contribution < -0.4 is 10.6 Å². The van der Waals surface area contributed by atoms with Crippen LogP contribution in [0.25, 0.3) is 11.5 Å². The van der Waals surface area contributed by atoms with Crippen molar-refractivity contribution in [3.63, 3.8) is 0 Å². The molecular formula is C24H25FN6O4S. The number of benzene rings is 2. The van der Waals surface area contributed by atoms with Crippen LogP contribution in [0.5, 0.6) is 0 Å². The number of nitrogens with one attached hydrogen (secondary N) is 2. The van der Waals surface area contributed by atoms with Gasteiger partial charge in [-0.1, -0.05) is 44.2 Å². The molecular weight excluding hydrogens is 487 g/mol. The Morgan fingerprint density at radius 2 is 1.86 bits per heavy atom. The zero-order valence-electron chi connectivity index (χ0n) is 19.8. The summed E-state index contributed by atoms with van der Waals surface area (Å²) in [5, 5.41) is 24.3. The molecule has 188 valence electrons. The first-order valence-corrected chi connectivity index (χ1v) is 12.9. The van der Waals surface area contributed by atoms with Gasteiger partial charge in [0.1, 0.15) is 16.5 Å². The zero-order valence-corrected chi connectivity index (χ0v) is 20.6. The second kappa shape index (κ2) is 10.4. The van der Waals surface area contributed by atoms with Crippen LogP contribution in [-0.4, -0.2) is 46.6 Å². The Bertz CT molecular complexity index is 1460. The van der Waals surface area contributed by atoms with Crippen LogP contribution in [0.15, 0.2) is 64.0 Å². The van der Waals surface area contributed by atoms with Gasteiger partial charge in [-0.05, 0) is 23.8 Å². The van der Waals surface area contributed by atoms with Crippen molar-refractivity contribution in [2.45, 2.75) is 30.7 Å². The van der Waals surface area contributed by atoms with Crippen molar-refractivity contribution in [2.75, 3.05) is 23.5 Å². The second-order valence-corrected chi connectivity index (χ2v) is 10.4. The van der Waals surface area contributed by atoms with Crippen molar-refractivity contribution in [1.82, 2.24) is 20.2 Å². The van der Waals surface area contributed by atoms with Crippen molar-refractivity contribution in [3.05, 3.63) is 72.0 Å². The molecule has 0 radical (unpaired) electrons. The summed E-state index contributed by atoms with van der Waals surface area (Å²) < 4.78 is 43.5. The maximum absolute atomic E-state index is 14.4. The Morgan fingerprint density at radius 1 is 1.11 bits per heavy atom. The molecule has 0 aliphatic heterocycles. The molecule has 12 heteroatoms. The summed E-state index contributed by atoms with van der Waals surface area (Å²) in [6.45, 7) is 3.62. The standard InChI is InChI=1S/C24H25FN6O4S/c1-14(2)22-30-31-23(35-22)17-12-26-24(27-16-9-10-20(18(25)11-16)36(3,33)34)29-21(17)28-19(13-32)15-7-5-4-6-8-15/h4-12,14,19,32H,13H2,1-3H3,(H2,26,27,28,29)/t19-/m1/s1. The van der Waals surface area contributed by atoms with E-state index in [-0.39, 0.29) is 30.1 Å². The van der Waals surface area contributed by atoms with Gasteiger partial charge in [-0.15, -0.1) is 10.2 Å². The van der Waals surface area contributed by atoms with Crippen molar-refractivity contribution < 1.29 is 22.3 Å². The maximum atomic E-state index is 14.4. The lowest BCUT2D eigenvalue weighted by molar-refractivity contribution is 0.276. The highest BCUT2D eigenvalue weighted by molar-refractivity contribution is 7.90. The first kappa shape index (κ1) is 25.2. The zero-order chi connectivity index (χ0) is 25.9. The third-order valence-electron chi connectivity index (χ3n) is 5.24. The van der Waals surface area contributed by atoms with E-state index in [2.05, 4.69) is 30.8 Å². The molecule has 3 N–H and O–H groups in total. The topological polar surface area (TPSA) is 143 Å². The molecule has 4 rings (SSSR count). The van der Waals surface area contributed by atoms with Crippen LogP contribution in [0, 0.1) is 5.82 Å². The summed E-state index contributed by atoms with van der Waals surface area (Å²) in [6.07, 6.45) is 2.40. The molecule has 0 aliphatic rings. The van der Waals surface area contributed by atoms with Crippen LogP contribution in [0.4, 0.5) is 21.8 Å². The fraction of sp³-hybridized carbons (Fsp3) is 0.250. The number of aliphatic hydroxyl groups is 1. The van der Waals surface area contributed by atoms with E-state index in [0.29, 0.717) is 17.3 Å². The average Bonchev–Trinajstić information content (AvgIpc) is 3.33. The predicted octanol–water partition coefficient (Wildman–Crippen LogP) is 4.08. The van der Waals surface area contributed by atoms with Gasteiger partial charge in [0.2, 0.25) is 11.8 Å². The molecule has 0 aliphatic carbocycles. The Labute approximate surface area is 207 Å². The number of rotatable bonds is 9. The van der Waals surface area contributed by atoms with Gasteiger partial charge in [0.05, 0.1) is 18.2 Å². The van der Waals surface area contributed by atoms with Gasteiger partial charge in [-0.25, -0.2) is 17.8 Å². The largest absolute Gasteiger partial charge is 0.420 e. The molecule has 2 aromatic heterocycles. The van der Waals surface area contributed by atoms with E-state index in [4.69, 9.17) is 4.42 Å². The number of sulfone groups is 1. The van der Waals surface area contributed by atoms with E-state index < -0.39 is 26.6 Å². The molecule has 36 heavy (non-hydrogen) atoms. The fourth-order valence-corrected chi connectivity index (χ4v) is 4.11. The molecule has 0 unspecified atom stereocenters. The SMILES string of the molecule is CC(C)c1nnc(-c2cnc(Nc3ccc(S(C)(=O)=O)c(F)c3)nc2N[C@H](CO)c2ccccc2)o1. The molecule has 0 amide bonds. The molecule has 1 atom stereocenters. The van der Waals surface area contributed by atoms with Gasteiger partial charge in [0, 0.05) is 24.1 Å². The van der Waals surface area contributed by atoms with Crippen LogP contribution in [0.3, 0.4) is 0 Å². The molecule has 0 saturated heterocycles. The van der Waals surface area contributed by atoms with E-state index in [1.54, 1.807) is 0 Å². The summed E-state index contributed by atoms with van der Waals surface area (Å²) in [5.74, 6) is 0.156. The maximum Gasteiger partial charge on any atom is 0.253 e. The van der Waals surface area contributed by atoms with Gasteiger partial charge in [-0.2, -0.15) is 4.98 Å². The third kappa shape index (κ3) is 5.66. The summed E-state index contributed by atoms with van der Waals surface area (Å²) in [7, 11) is -3.70. The van der Waals surface area contributed by atoms with Gasteiger partial charge in [0.25, 0.3) is 5.89 Å². The van der Waals surface area contributed by atoms with E-state index in [1.807, 2.05) is 44.2 Å². The van der Waals surface area contributed by atoms with E-state index in [1.165, 1.54) is 18.3 Å². The highest BCUT2D eigenvalue weighted by Crippen LogP contribution is 2.31. The van der Waals surface area contributed by atoms with Crippen LogP contribution in [0.1, 0.15) is 37.3 Å². The Hall–Kier alpha value is -3.90. The molecule has 2 aromatic carbocycles. The summed E-state index contributed by atoms with van der Waals surface area (Å²) in [5.41, 5.74) is 1.49. The van der Waals surface area contributed by atoms with Crippen molar-refractivity contribution >= 4 is 27.3 Å². The van der Waals surface area contributed by atoms with E-state index >= 15 is 0 Å². The van der Waals surface area contributed by atoms with Gasteiger partial charge < -0.3 is 20.2 Å². The first-order valence-electron chi connectivity index (χ1n) is 11.1. The minimum Gasteiger partial charge on any atom is -0.420 e. The smallest absolute Gasteiger partial charge is 0.253 e. The fourth-order valence-electron chi connectivity index (χ4n) is 3.38. The number of halogens is 1. The Morgan fingerprint density at radius 3 is 2.47 bits per heavy atom. The van der Waals surface area contributed by atoms with Gasteiger partial charge >= 0.3 is 0 Å². The lowest BCUT2D eigenvalue weighted by atomic mass is 10.1. The summed E-state index contributed by atoms with van der Waals surface area (Å²) in [6, 6.07) is 12.4. The molecule has 4 aromatic rings. The highest BCUT2D eigenvalue weighted by Gasteiger charge is 2.21. The molecule has 2 heterocycles. The molecule has 0 bridgehead atoms. The Balaban J connectivity index is 1.71. The van der Waals surface area contributed by atoms with E-state index in [0.717, 1.165) is 17.9 Å². The molecule has 10 nitrogen and oxygen atoms in total. The number of anilines is 3. The van der Waals surface area contributed by atoms with Crippen molar-refractivity contribution in [2.24, 2.45) is 0 Å². The van der Waals surface area contributed by atoms with Crippen LogP contribution in [-0.2, 0) is 9.84 Å². The molecule has 0 saturated carbocycles. The van der Waals surface area contributed by atoms with Crippen LogP contribution in [0.2, 0.25) is 0 Å². The quantitative estimate of drug-likeness (QED) is 0.300. The van der Waals surface area contributed by atoms with Gasteiger partial charge in [-0.3, -0.25) is 0 Å². The van der Waals surface area contributed by atoms with E-state index in [9.17, 15) is 17.9 Å². The molecule has 0 fully saturated rings. The predicted molar refractivity (Wildman–Crippen MR) is 132 cm³/mol. The highest BCUT2D eigenvalue weighted by atomic mass is 32.2. The lowest BCUT2D eigenvalue weighted by Crippen LogP contribution is -2.17. The number of nitrogens with zero attached hydrogens (tertiary/aromatic N) is 4. The van der Waals surface area contributed by atoms with Crippen LogP contribution >= 0.6 is 0 Å². The number of aliphatic hydroxyl groups excluding tert-OH is 1. The monoisotopic (exact) mass is 512 g/mol. The van der Waals surface area contributed by atoms with Crippen molar-refractivity contribution in [3.8, 4) is 11.5 Å². The third-order valence-corrected chi connectivity index (χ3v) is 6.37. The lowest BCUT2D eigenvalue weighted by Gasteiger charge is -2.19. The second-order valence-electron chi connectivity index (χ2n) is 8.39. The normalized spacial score (nSPS) is 12.5. The molecule has 0 spiro atoms. The summed E-state index contributed by atoms with van der Waals surface area (Å²) >= 11 is 0. The number of aromatic nitrogens is 4. The first-order chi connectivity index (χ1) is 17.2. The van der Waals surface area contributed by atoms with Gasteiger partial charge in [0.15, 0.2) is 9.84 Å². The minimum absolute atomic E-state index is 0.0174. The average molecular weight is 513 g/mol. The number of hydrogen-bond donors (Lipinski definition) is 3. The number of hydrogen-bond acceptors (Lipinski definition) is 10. The Kier molecular flexibility index (Phi) is 7.27.